The Kier molecular flexibility index (Phi) is 35.0. The zero-order chi connectivity index (χ0) is 37.5. The van der Waals surface area contributed by atoms with Crippen LogP contribution >= 0.6 is 7.82 Å². The summed E-state index contributed by atoms with van der Waals surface area (Å²) in [6.07, 6.45) is 48.7. The van der Waals surface area contributed by atoms with Crippen LogP contribution in [0.15, 0.2) is 85.1 Å². The fourth-order valence-corrected chi connectivity index (χ4v) is 5.13. The van der Waals surface area contributed by atoms with Crippen molar-refractivity contribution in [1.29, 1.82) is 0 Å². The van der Waals surface area contributed by atoms with Gasteiger partial charge in [-0.1, -0.05) is 137 Å². The standard InChI is InChI=1S/C42H69O8P/c1-3-5-7-9-11-13-15-17-19-20-21-22-23-25-27-29-31-33-35-37-42(44)50-40(39-49-51(45,46)47)38-48-41(43)36-34-32-30-28-26-24-18-16-14-12-10-8-6-4-2/h5,7,10-13,16-19,21-22,25,27,40H,3-4,6,8-9,14-15,20,23-24,26,28-39H2,1-2H3,(H2,45,46,47)/b7-5+,12-10+,13-11+,18-16+,19-17+,22-21+,27-25+/t40-/m1/s1. The molecule has 0 unspecified atom stereocenters. The van der Waals surface area contributed by atoms with Gasteiger partial charge in [-0.05, 0) is 83.5 Å². The van der Waals surface area contributed by atoms with Crippen molar-refractivity contribution in [2.75, 3.05) is 13.2 Å². The molecule has 0 bridgehead atoms. The number of rotatable bonds is 34. The Balaban J connectivity index is 4.08. The molecular weight excluding hydrogens is 663 g/mol. The topological polar surface area (TPSA) is 119 Å². The van der Waals surface area contributed by atoms with Gasteiger partial charge in [-0.3, -0.25) is 14.1 Å². The normalized spacial score (nSPS) is 13.4. The summed E-state index contributed by atoms with van der Waals surface area (Å²) in [5, 5.41) is 0. The molecule has 0 rings (SSSR count). The van der Waals surface area contributed by atoms with E-state index < -0.39 is 32.5 Å². The van der Waals surface area contributed by atoms with E-state index in [1.165, 1.54) is 12.8 Å². The second kappa shape index (κ2) is 37.0. The fraction of sp³-hybridized carbons (Fsp3) is 0.619. The number of ether oxygens (including phenoxy) is 2. The van der Waals surface area contributed by atoms with Gasteiger partial charge in [-0.25, -0.2) is 4.57 Å². The zero-order valence-corrected chi connectivity index (χ0v) is 32.6. The van der Waals surface area contributed by atoms with E-state index in [1.54, 1.807) is 0 Å². The lowest BCUT2D eigenvalue weighted by molar-refractivity contribution is -0.161. The molecule has 0 aromatic heterocycles. The summed E-state index contributed by atoms with van der Waals surface area (Å²) in [7, 11) is -4.77. The average Bonchev–Trinajstić information content (AvgIpc) is 3.10. The van der Waals surface area contributed by atoms with Crippen LogP contribution in [-0.4, -0.2) is 41.0 Å². The van der Waals surface area contributed by atoms with Gasteiger partial charge in [0.25, 0.3) is 0 Å². The number of allylic oxidation sites excluding steroid dienone is 14. The first-order valence-electron chi connectivity index (χ1n) is 19.4. The van der Waals surface area contributed by atoms with Crippen LogP contribution in [0.5, 0.6) is 0 Å². The number of unbranched alkanes of at least 4 members (excludes halogenated alkanes) is 10. The summed E-state index contributed by atoms with van der Waals surface area (Å²) in [6, 6.07) is 0. The summed E-state index contributed by atoms with van der Waals surface area (Å²) in [4.78, 5) is 42.7. The predicted molar refractivity (Wildman–Crippen MR) is 211 cm³/mol. The molecule has 0 heterocycles. The van der Waals surface area contributed by atoms with Gasteiger partial charge >= 0.3 is 19.8 Å². The van der Waals surface area contributed by atoms with Gasteiger partial charge < -0.3 is 19.3 Å². The highest BCUT2D eigenvalue weighted by Crippen LogP contribution is 2.36. The van der Waals surface area contributed by atoms with Crippen molar-refractivity contribution in [1.82, 2.24) is 0 Å². The monoisotopic (exact) mass is 732 g/mol. The van der Waals surface area contributed by atoms with Crippen molar-refractivity contribution in [3.05, 3.63) is 85.1 Å². The lowest BCUT2D eigenvalue weighted by Gasteiger charge is -2.18. The van der Waals surface area contributed by atoms with Crippen molar-refractivity contribution < 1.29 is 37.9 Å². The molecule has 0 aliphatic rings. The van der Waals surface area contributed by atoms with Gasteiger partial charge in [0.2, 0.25) is 0 Å². The van der Waals surface area contributed by atoms with Crippen molar-refractivity contribution in [2.24, 2.45) is 0 Å². The number of carbonyl (C=O) groups excluding carboxylic acids is 2. The van der Waals surface area contributed by atoms with Gasteiger partial charge in [0.15, 0.2) is 6.10 Å². The molecule has 0 amide bonds. The molecule has 9 heteroatoms. The maximum atomic E-state index is 12.4. The van der Waals surface area contributed by atoms with Gasteiger partial charge in [0.1, 0.15) is 6.61 Å². The molecule has 0 aromatic rings. The zero-order valence-electron chi connectivity index (χ0n) is 31.7. The summed E-state index contributed by atoms with van der Waals surface area (Å²) in [6.45, 7) is 3.47. The van der Waals surface area contributed by atoms with Crippen LogP contribution in [0.3, 0.4) is 0 Å². The minimum Gasteiger partial charge on any atom is -0.462 e. The van der Waals surface area contributed by atoms with Crippen LogP contribution in [0, 0.1) is 0 Å². The quantitative estimate of drug-likeness (QED) is 0.0290. The number of hydrogen-bond donors (Lipinski definition) is 2. The SMILES string of the molecule is CC/C=C/C/C=C/C/C=C/C/C=C/C/C=C/CCCCCC(=O)O[C@H](COC(=O)CCCCCCC/C=C/C/C=C/CCCC)COP(=O)(O)O. The lowest BCUT2D eigenvalue weighted by Crippen LogP contribution is -2.29. The highest BCUT2D eigenvalue weighted by atomic mass is 31.2. The van der Waals surface area contributed by atoms with Crippen molar-refractivity contribution in [3.8, 4) is 0 Å². The van der Waals surface area contributed by atoms with E-state index in [4.69, 9.17) is 19.3 Å². The molecule has 0 fully saturated rings. The second-order valence-corrected chi connectivity index (χ2v) is 13.8. The van der Waals surface area contributed by atoms with Gasteiger partial charge in [-0.2, -0.15) is 0 Å². The Labute approximate surface area is 310 Å². The smallest absolute Gasteiger partial charge is 0.462 e. The number of hydrogen-bond acceptors (Lipinski definition) is 6. The van der Waals surface area contributed by atoms with Crippen LogP contribution in [-0.2, 0) is 28.2 Å². The molecule has 0 aliphatic heterocycles. The maximum absolute atomic E-state index is 12.4. The first-order valence-corrected chi connectivity index (χ1v) is 20.9. The molecule has 0 saturated carbocycles. The molecule has 290 valence electrons. The van der Waals surface area contributed by atoms with E-state index in [1.807, 2.05) is 0 Å². The molecule has 8 nitrogen and oxygen atoms in total. The van der Waals surface area contributed by atoms with Crippen LogP contribution in [0.4, 0.5) is 0 Å². The summed E-state index contributed by atoms with van der Waals surface area (Å²) < 4.78 is 26.3. The van der Waals surface area contributed by atoms with E-state index in [0.29, 0.717) is 12.8 Å². The number of esters is 2. The van der Waals surface area contributed by atoms with E-state index in [9.17, 15) is 14.2 Å². The Bertz CT molecular complexity index is 1100. The molecule has 0 radical (unpaired) electrons. The molecule has 2 N–H and O–H groups in total. The number of phosphoric ester groups is 1. The van der Waals surface area contributed by atoms with Crippen molar-refractivity contribution in [2.45, 2.75) is 155 Å². The highest BCUT2D eigenvalue weighted by molar-refractivity contribution is 7.46. The van der Waals surface area contributed by atoms with E-state index in [2.05, 4.69) is 103 Å². The summed E-state index contributed by atoms with van der Waals surface area (Å²) in [5.74, 6) is -0.948. The Hall–Kier alpha value is -2.77. The molecule has 0 aliphatic carbocycles. The van der Waals surface area contributed by atoms with Gasteiger partial charge in [0.05, 0.1) is 6.61 Å². The Morgan fingerprint density at radius 3 is 1.43 bits per heavy atom. The van der Waals surface area contributed by atoms with Crippen LogP contribution in [0.25, 0.3) is 0 Å². The molecule has 1 atom stereocenters. The van der Waals surface area contributed by atoms with E-state index in [-0.39, 0.29) is 19.4 Å². The molecule has 0 spiro atoms. The van der Waals surface area contributed by atoms with Crippen LogP contribution in [0.2, 0.25) is 0 Å². The van der Waals surface area contributed by atoms with Gasteiger partial charge in [-0.15, -0.1) is 0 Å². The van der Waals surface area contributed by atoms with Crippen molar-refractivity contribution >= 4 is 19.8 Å². The third-order valence-electron chi connectivity index (χ3n) is 7.65. The Morgan fingerprint density at radius 1 is 0.529 bits per heavy atom. The first-order chi connectivity index (χ1) is 24.8. The Morgan fingerprint density at radius 2 is 0.941 bits per heavy atom. The maximum Gasteiger partial charge on any atom is 0.469 e. The fourth-order valence-electron chi connectivity index (χ4n) is 4.77. The highest BCUT2D eigenvalue weighted by Gasteiger charge is 2.22. The summed E-state index contributed by atoms with van der Waals surface area (Å²) >= 11 is 0. The minimum atomic E-state index is -4.77. The predicted octanol–water partition coefficient (Wildman–Crippen LogP) is 11.7. The lowest BCUT2D eigenvalue weighted by atomic mass is 10.1. The van der Waals surface area contributed by atoms with Crippen LogP contribution in [0.1, 0.15) is 149 Å². The first kappa shape index (κ1) is 48.2. The van der Waals surface area contributed by atoms with E-state index in [0.717, 1.165) is 96.3 Å². The minimum absolute atomic E-state index is 0.165. The summed E-state index contributed by atoms with van der Waals surface area (Å²) in [5.41, 5.74) is 0. The third-order valence-corrected chi connectivity index (χ3v) is 8.13. The molecule has 0 saturated heterocycles. The molecule has 51 heavy (non-hydrogen) atoms. The largest absolute Gasteiger partial charge is 0.469 e. The number of carbonyl (C=O) groups is 2. The van der Waals surface area contributed by atoms with E-state index >= 15 is 0 Å². The average molecular weight is 733 g/mol. The number of phosphoric acid groups is 1. The van der Waals surface area contributed by atoms with Crippen LogP contribution < -0.4 is 0 Å². The second-order valence-electron chi connectivity index (χ2n) is 12.5. The van der Waals surface area contributed by atoms with Gasteiger partial charge in [0, 0.05) is 12.8 Å². The third kappa shape index (κ3) is 39.9. The molecular formula is C42H69O8P. The van der Waals surface area contributed by atoms with Crippen molar-refractivity contribution in [3.63, 3.8) is 0 Å². The molecule has 0 aromatic carbocycles.